The zero-order valence-corrected chi connectivity index (χ0v) is 15.7. The summed E-state index contributed by atoms with van der Waals surface area (Å²) in [6, 6.07) is 14.9. The molecule has 1 aliphatic heterocycles. The lowest BCUT2D eigenvalue weighted by Crippen LogP contribution is -2.37. The monoisotopic (exact) mass is 347 g/mol. The molecular formula is C22H25N3O. The number of H-pyrrole nitrogens is 1. The molecule has 0 atom stereocenters. The highest BCUT2D eigenvalue weighted by atomic mass is 16.1. The summed E-state index contributed by atoms with van der Waals surface area (Å²) in [6.45, 7) is 8.66. The highest BCUT2D eigenvalue weighted by Crippen LogP contribution is 2.24. The molecule has 3 aromatic rings. The molecule has 4 nitrogen and oxygen atoms in total. The van der Waals surface area contributed by atoms with Crippen molar-refractivity contribution in [3.8, 4) is 0 Å². The van der Waals surface area contributed by atoms with Gasteiger partial charge in [-0.1, -0.05) is 63.2 Å². The van der Waals surface area contributed by atoms with Gasteiger partial charge in [0.2, 0.25) is 0 Å². The molecule has 0 saturated heterocycles. The number of hydrogen-bond donors (Lipinski definition) is 1. The van der Waals surface area contributed by atoms with E-state index < -0.39 is 0 Å². The maximum Gasteiger partial charge on any atom is 0.255 e. The summed E-state index contributed by atoms with van der Waals surface area (Å²) in [4.78, 5) is 22.7. The van der Waals surface area contributed by atoms with Crippen LogP contribution in [0.2, 0.25) is 0 Å². The highest BCUT2D eigenvalue weighted by molar-refractivity contribution is 5.85. The summed E-state index contributed by atoms with van der Waals surface area (Å²) < 4.78 is 0. The van der Waals surface area contributed by atoms with Crippen molar-refractivity contribution >= 4 is 10.8 Å². The number of benzene rings is 2. The van der Waals surface area contributed by atoms with Crippen molar-refractivity contribution in [3.63, 3.8) is 0 Å². The standard InChI is InChI=1S/C22H25N3O/c1-22(2,3)21-23-19-11-12-25(14-18(19)20(26)24-21)13-16-9-6-8-15-7-4-5-10-17(15)16/h4-10H,11-14H2,1-3H3,(H,23,24,26). The van der Waals surface area contributed by atoms with Gasteiger partial charge in [0.05, 0.1) is 11.3 Å². The smallest absolute Gasteiger partial charge is 0.255 e. The molecule has 0 saturated carbocycles. The minimum atomic E-state index is -0.145. The Labute approximate surface area is 153 Å². The third-order valence-corrected chi connectivity index (χ3v) is 5.13. The van der Waals surface area contributed by atoms with E-state index in [9.17, 15) is 4.79 Å². The topological polar surface area (TPSA) is 49.0 Å². The number of rotatable bonds is 2. The molecule has 2 heterocycles. The fourth-order valence-corrected chi connectivity index (χ4v) is 3.64. The van der Waals surface area contributed by atoms with Crippen LogP contribution in [-0.2, 0) is 24.9 Å². The van der Waals surface area contributed by atoms with Gasteiger partial charge in [-0.15, -0.1) is 0 Å². The van der Waals surface area contributed by atoms with Crippen LogP contribution in [0.15, 0.2) is 47.3 Å². The first-order chi connectivity index (χ1) is 12.4. The molecule has 2 aromatic carbocycles. The molecule has 1 aromatic heterocycles. The third kappa shape index (κ3) is 3.17. The largest absolute Gasteiger partial charge is 0.310 e. The molecule has 0 aliphatic carbocycles. The quantitative estimate of drug-likeness (QED) is 0.767. The molecule has 0 fully saturated rings. The fraction of sp³-hybridized carbons (Fsp3) is 0.364. The fourth-order valence-electron chi connectivity index (χ4n) is 3.64. The Morgan fingerprint density at radius 3 is 2.69 bits per heavy atom. The first kappa shape index (κ1) is 17.0. The van der Waals surface area contributed by atoms with Gasteiger partial charge in [0.1, 0.15) is 5.82 Å². The normalized spacial score (nSPS) is 15.2. The van der Waals surface area contributed by atoms with Gasteiger partial charge in [0.15, 0.2) is 0 Å². The summed E-state index contributed by atoms with van der Waals surface area (Å²) in [5, 5.41) is 2.55. The van der Waals surface area contributed by atoms with Crippen LogP contribution in [0.25, 0.3) is 10.8 Å². The van der Waals surface area contributed by atoms with Crippen LogP contribution in [-0.4, -0.2) is 21.4 Å². The van der Waals surface area contributed by atoms with Crippen molar-refractivity contribution in [3.05, 3.63) is 75.5 Å². The minimum absolute atomic E-state index is 0.0162. The van der Waals surface area contributed by atoms with Gasteiger partial charge in [0, 0.05) is 31.5 Å². The summed E-state index contributed by atoms with van der Waals surface area (Å²) in [5.74, 6) is 0.781. The van der Waals surface area contributed by atoms with E-state index in [4.69, 9.17) is 4.98 Å². The predicted octanol–water partition coefficient (Wildman–Crippen LogP) is 3.78. The Hall–Kier alpha value is -2.46. The number of hydrogen-bond acceptors (Lipinski definition) is 3. The van der Waals surface area contributed by atoms with Crippen LogP contribution < -0.4 is 5.56 Å². The second-order valence-corrected chi connectivity index (χ2v) is 8.19. The molecule has 0 unspecified atom stereocenters. The molecule has 4 rings (SSSR count). The molecule has 0 spiro atoms. The van der Waals surface area contributed by atoms with E-state index in [1.165, 1.54) is 16.3 Å². The molecular weight excluding hydrogens is 322 g/mol. The summed E-state index contributed by atoms with van der Waals surface area (Å²) in [6.07, 6.45) is 0.826. The van der Waals surface area contributed by atoms with Crippen LogP contribution >= 0.6 is 0 Å². The lowest BCUT2D eigenvalue weighted by molar-refractivity contribution is 0.242. The molecule has 0 radical (unpaired) electrons. The van der Waals surface area contributed by atoms with Crippen LogP contribution in [0.1, 0.15) is 43.4 Å². The Bertz CT molecular complexity index is 1010. The van der Waals surface area contributed by atoms with E-state index in [0.29, 0.717) is 6.54 Å². The van der Waals surface area contributed by atoms with E-state index >= 15 is 0 Å². The van der Waals surface area contributed by atoms with Crippen LogP contribution in [0.4, 0.5) is 0 Å². The maximum atomic E-state index is 12.6. The van der Waals surface area contributed by atoms with Gasteiger partial charge >= 0.3 is 0 Å². The Kier molecular flexibility index (Phi) is 4.16. The molecule has 0 amide bonds. The summed E-state index contributed by atoms with van der Waals surface area (Å²) in [5.41, 5.74) is 2.97. The van der Waals surface area contributed by atoms with Gasteiger partial charge in [-0.25, -0.2) is 4.98 Å². The van der Waals surface area contributed by atoms with Gasteiger partial charge < -0.3 is 4.98 Å². The van der Waals surface area contributed by atoms with Crippen molar-refractivity contribution in [2.75, 3.05) is 6.54 Å². The second kappa shape index (κ2) is 6.36. The SMILES string of the molecule is CC(C)(C)c1nc2c(c(=O)[nH]1)CN(Cc1cccc3ccccc13)CC2. The first-order valence-electron chi connectivity index (χ1n) is 9.23. The van der Waals surface area contributed by atoms with Gasteiger partial charge in [-0.3, -0.25) is 9.69 Å². The average molecular weight is 347 g/mol. The van der Waals surface area contributed by atoms with E-state index in [0.717, 1.165) is 36.6 Å². The van der Waals surface area contributed by atoms with E-state index in [1.54, 1.807) is 0 Å². The zero-order chi connectivity index (χ0) is 18.3. The Morgan fingerprint density at radius 1 is 1.12 bits per heavy atom. The molecule has 4 heteroatoms. The molecule has 26 heavy (non-hydrogen) atoms. The maximum absolute atomic E-state index is 12.6. The van der Waals surface area contributed by atoms with Crippen LogP contribution in [0.5, 0.6) is 0 Å². The minimum Gasteiger partial charge on any atom is -0.310 e. The van der Waals surface area contributed by atoms with E-state index in [1.807, 2.05) is 0 Å². The number of aromatic nitrogens is 2. The first-order valence-corrected chi connectivity index (χ1v) is 9.23. The zero-order valence-electron chi connectivity index (χ0n) is 15.7. The number of nitrogens with one attached hydrogen (secondary N) is 1. The lowest BCUT2D eigenvalue weighted by atomic mass is 9.94. The highest BCUT2D eigenvalue weighted by Gasteiger charge is 2.25. The summed E-state index contributed by atoms with van der Waals surface area (Å²) >= 11 is 0. The van der Waals surface area contributed by atoms with Crippen molar-refractivity contribution in [1.82, 2.24) is 14.9 Å². The number of aromatic amines is 1. The molecule has 1 N–H and O–H groups in total. The Morgan fingerprint density at radius 2 is 1.88 bits per heavy atom. The molecule has 1 aliphatic rings. The van der Waals surface area contributed by atoms with Gasteiger partial charge in [-0.05, 0) is 16.3 Å². The van der Waals surface area contributed by atoms with Gasteiger partial charge in [0.25, 0.3) is 5.56 Å². The van der Waals surface area contributed by atoms with E-state index in [-0.39, 0.29) is 11.0 Å². The average Bonchev–Trinajstić information content (AvgIpc) is 2.61. The van der Waals surface area contributed by atoms with Crippen molar-refractivity contribution < 1.29 is 0 Å². The lowest BCUT2D eigenvalue weighted by Gasteiger charge is -2.29. The predicted molar refractivity (Wildman–Crippen MR) is 105 cm³/mol. The molecule has 134 valence electrons. The van der Waals surface area contributed by atoms with Crippen LogP contribution in [0.3, 0.4) is 0 Å². The molecule has 0 bridgehead atoms. The van der Waals surface area contributed by atoms with E-state index in [2.05, 4.69) is 73.1 Å². The third-order valence-electron chi connectivity index (χ3n) is 5.13. The van der Waals surface area contributed by atoms with Crippen molar-refractivity contribution in [2.45, 2.75) is 45.7 Å². The number of fused-ring (bicyclic) bond motifs is 2. The van der Waals surface area contributed by atoms with Gasteiger partial charge in [-0.2, -0.15) is 0 Å². The number of nitrogens with zero attached hydrogens (tertiary/aromatic N) is 2. The van der Waals surface area contributed by atoms with Crippen molar-refractivity contribution in [2.24, 2.45) is 0 Å². The Balaban J connectivity index is 1.62. The summed E-state index contributed by atoms with van der Waals surface area (Å²) in [7, 11) is 0. The van der Waals surface area contributed by atoms with Crippen LogP contribution in [0, 0.1) is 0 Å². The second-order valence-electron chi connectivity index (χ2n) is 8.19. The van der Waals surface area contributed by atoms with Crippen molar-refractivity contribution in [1.29, 1.82) is 0 Å².